The number of rotatable bonds is 3. The number of carboxylic acids is 1. The van der Waals surface area contributed by atoms with E-state index < -0.39 is 11.9 Å². The van der Waals surface area contributed by atoms with Crippen LogP contribution in [0.15, 0.2) is 60.7 Å². The molecule has 3 nitrogen and oxygen atoms in total. The summed E-state index contributed by atoms with van der Waals surface area (Å²) in [5.74, 6) is -1.40. The Kier molecular flexibility index (Phi) is 4.43. The zero-order chi connectivity index (χ0) is 11.4. The van der Waals surface area contributed by atoms with Crippen molar-refractivity contribution in [1.29, 1.82) is 0 Å². The SMILES string of the molecule is N.O=C(O)C(c1ccccc1)c1ccccc1. The molecular formula is C14H15NO2. The van der Waals surface area contributed by atoms with Gasteiger partial charge in [-0.1, -0.05) is 60.7 Å². The zero-order valence-electron chi connectivity index (χ0n) is 9.41. The molecule has 0 aliphatic rings. The van der Waals surface area contributed by atoms with Crippen LogP contribution in [0.5, 0.6) is 0 Å². The monoisotopic (exact) mass is 229 g/mol. The van der Waals surface area contributed by atoms with Crippen molar-refractivity contribution >= 4 is 5.97 Å². The largest absolute Gasteiger partial charge is 0.481 e. The molecule has 0 spiro atoms. The van der Waals surface area contributed by atoms with Crippen molar-refractivity contribution in [2.24, 2.45) is 0 Å². The molecular weight excluding hydrogens is 214 g/mol. The third-order valence-corrected chi connectivity index (χ3v) is 2.51. The van der Waals surface area contributed by atoms with Gasteiger partial charge in [-0.3, -0.25) is 4.79 Å². The number of hydrogen-bond donors (Lipinski definition) is 2. The van der Waals surface area contributed by atoms with Crippen LogP contribution in [0.2, 0.25) is 0 Å². The Bertz CT molecular complexity index is 429. The highest BCUT2D eigenvalue weighted by Crippen LogP contribution is 2.24. The van der Waals surface area contributed by atoms with E-state index >= 15 is 0 Å². The summed E-state index contributed by atoms with van der Waals surface area (Å²) in [6.07, 6.45) is 0. The van der Waals surface area contributed by atoms with Crippen molar-refractivity contribution in [1.82, 2.24) is 6.15 Å². The second-order valence-electron chi connectivity index (χ2n) is 3.59. The minimum absolute atomic E-state index is 0. The topological polar surface area (TPSA) is 72.3 Å². The Hall–Kier alpha value is -2.13. The summed E-state index contributed by atoms with van der Waals surface area (Å²) in [5.41, 5.74) is 1.61. The van der Waals surface area contributed by atoms with E-state index in [2.05, 4.69) is 0 Å². The van der Waals surface area contributed by atoms with E-state index in [1.54, 1.807) is 0 Å². The van der Waals surface area contributed by atoms with Gasteiger partial charge in [-0.05, 0) is 11.1 Å². The van der Waals surface area contributed by atoms with Crippen LogP contribution in [0, 0.1) is 0 Å². The van der Waals surface area contributed by atoms with Crippen molar-refractivity contribution in [3.63, 3.8) is 0 Å². The molecule has 2 rings (SSSR count). The van der Waals surface area contributed by atoms with Gasteiger partial charge in [0.25, 0.3) is 0 Å². The third-order valence-electron chi connectivity index (χ3n) is 2.51. The van der Waals surface area contributed by atoms with Crippen LogP contribution in [0.3, 0.4) is 0 Å². The predicted octanol–water partition coefficient (Wildman–Crippen LogP) is 3.07. The molecule has 0 atom stereocenters. The Morgan fingerprint density at radius 2 is 1.18 bits per heavy atom. The number of carbonyl (C=O) groups is 1. The first-order valence-corrected chi connectivity index (χ1v) is 5.12. The highest BCUT2D eigenvalue weighted by Gasteiger charge is 2.20. The van der Waals surface area contributed by atoms with E-state index in [1.807, 2.05) is 60.7 Å². The van der Waals surface area contributed by atoms with Crippen LogP contribution < -0.4 is 6.15 Å². The van der Waals surface area contributed by atoms with Crippen LogP contribution >= 0.6 is 0 Å². The van der Waals surface area contributed by atoms with Crippen molar-refractivity contribution < 1.29 is 9.90 Å². The summed E-state index contributed by atoms with van der Waals surface area (Å²) < 4.78 is 0. The van der Waals surface area contributed by atoms with E-state index in [0.717, 1.165) is 11.1 Å². The molecule has 0 unspecified atom stereocenters. The van der Waals surface area contributed by atoms with Gasteiger partial charge in [0.15, 0.2) is 0 Å². The standard InChI is InChI=1S/C14H12O2.H3N/c15-14(16)13(11-7-3-1-4-8-11)12-9-5-2-6-10-12;/h1-10,13H,(H,15,16);1H3. The lowest BCUT2D eigenvalue weighted by molar-refractivity contribution is -0.137. The second kappa shape index (κ2) is 5.82. The molecule has 0 radical (unpaired) electrons. The summed E-state index contributed by atoms with van der Waals surface area (Å²) in [4.78, 5) is 11.3. The molecule has 0 bridgehead atoms. The van der Waals surface area contributed by atoms with Gasteiger partial charge in [-0.15, -0.1) is 0 Å². The Morgan fingerprint density at radius 1 is 0.824 bits per heavy atom. The van der Waals surface area contributed by atoms with Gasteiger partial charge in [0.05, 0.1) is 0 Å². The fraction of sp³-hybridized carbons (Fsp3) is 0.0714. The molecule has 0 aliphatic carbocycles. The maximum Gasteiger partial charge on any atom is 0.315 e. The minimum Gasteiger partial charge on any atom is -0.481 e. The fourth-order valence-electron chi connectivity index (χ4n) is 1.77. The van der Waals surface area contributed by atoms with E-state index in [9.17, 15) is 9.90 Å². The summed E-state index contributed by atoms with van der Waals surface area (Å²) in [5, 5.41) is 9.28. The number of benzene rings is 2. The van der Waals surface area contributed by atoms with Gasteiger partial charge in [0.1, 0.15) is 5.92 Å². The predicted molar refractivity (Wildman–Crippen MR) is 67.4 cm³/mol. The van der Waals surface area contributed by atoms with Gasteiger partial charge < -0.3 is 11.3 Å². The first-order valence-electron chi connectivity index (χ1n) is 5.12. The minimum atomic E-state index is -0.822. The van der Waals surface area contributed by atoms with Crippen molar-refractivity contribution in [2.75, 3.05) is 0 Å². The number of carboxylic acid groups (broad SMARTS) is 1. The van der Waals surface area contributed by atoms with Gasteiger partial charge in [-0.2, -0.15) is 0 Å². The van der Waals surface area contributed by atoms with Gasteiger partial charge in [0, 0.05) is 0 Å². The number of hydrogen-bond acceptors (Lipinski definition) is 2. The molecule has 88 valence electrons. The molecule has 0 aromatic heterocycles. The molecule has 0 saturated heterocycles. The Labute approximate surface area is 100 Å². The van der Waals surface area contributed by atoms with Crippen LogP contribution in [0.25, 0.3) is 0 Å². The fourth-order valence-corrected chi connectivity index (χ4v) is 1.77. The van der Waals surface area contributed by atoms with Crippen molar-refractivity contribution in [3.8, 4) is 0 Å². The molecule has 0 heterocycles. The summed E-state index contributed by atoms with van der Waals surface area (Å²) in [7, 11) is 0. The molecule has 2 aromatic carbocycles. The molecule has 3 heteroatoms. The van der Waals surface area contributed by atoms with E-state index in [-0.39, 0.29) is 6.15 Å². The van der Waals surface area contributed by atoms with Gasteiger partial charge in [0.2, 0.25) is 0 Å². The van der Waals surface area contributed by atoms with Gasteiger partial charge >= 0.3 is 5.97 Å². The summed E-state index contributed by atoms with van der Waals surface area (Å²) >= 11 is 0. The average molecular weight is 229 g/mol. The van der Waals surface area contributed by atoms with Crippen LogP contribution in [-0.2, 0) is 4.79 Å². The molecule has 0 saturated carbocycles. The zero-order valence-corrected chi connectivity index (χ0v) is 9.41. The maximum atomic E-state index is 11.3. The number of aliphatic carboxylic acids is 1. The molecule has 0 aliphatic heterocycles. The lowest BCUT2D eigenvalue weighted by Crippen LogP contribution is -2.12. The quantitative estimate of drug-likeness (QED) is 0.849. The molecule has 0 fully saturated rings. The average Bonchev–Trinajstić information content (AvgIpc) is 2.31. The van der Waals surface area contributed by atoms with E-state index in [1.165, 1.54) is 0 Å². The smallest absolute Gasteiger partial charge is 0.315 e. The van der Waals surface area contributed by atoms with Crippen molar-refractivity contribution in [2.45, 2.75) is 5.92 Å². The van der Waals surface area contributed by atoms with Crippen LogP contribution in [-0.4, -0.2) is 11.1 Å². The first kappa shape index (κ1) is 12.9. The second-order valence-corrected chi connectivity index (χ2v) is 3.59. The molecule has 0 amide bonds. The molecule has 4 N–H and O–H groups in total. The van der Waals surface area contributed by atoms with E-state index in [0.29, 0.717) is 0 Å². The highest BCUT2D eigenvalue weighted by molar-refractivity contribution is 5.80. The molecule has 2 aromatic rings. The lowest BCUT2D eigenvalue weighted by Gasteiger charge is -2.12. The van der Waals surface area contributed by atoms with E-state index in [4.69, 9.17) is 0 Å². The summed E-state index contributed by atoms with van der Waals surface area (Å²) in [6, 6.07) is 18.5. The van der Waals surface area contributed by atoms with Crippen LogP contribution in [0.4, 0.5) is 0 Å². The molecule has 17 heavy (non-hydrogen) atoms. The first-order chi connectivity index (χ1) is 7.79. The normalized spacial score (nSPS) is 9.71. The van der Waals surface area contributed by atoms with Crippen LogP contribution in [0.1, 0.15) is 17.0 Å². The highest BCUT2D eigenvalue weighted by atomic mass is 16.4. The lowest BCUT2D eigenvalue weighted by atomic mass is 9.92. The maximum absolute atomic E-state index is 11.3. The van der Waals surface area contributed by atoms with Crippen molar-refractivity contribution in [3.05, 3.63) is 71.8 Å². The van der Waals surface area contributed by atoms with Gasteiger partial charge in [-0.25, -0.2) is 0 Å². The Morgan fingerprint density at radius 3 is 1.47 bits per heavy atom. The summed E-state index contributed by atoms with van der Waals surface area (Å²) in [6.45, 7) is 0. The third kappa shape index (κ3) is 2.92. The Balaban J connectivity index is 0.00000144.